The van der Waals surface area contributed by atoms with Gasteiger partial charge in [-0.15, -0.1) is 9.66 Å². The van der Waals surface area contributed by atoms with Gasteiger partial charge < -0.3 is 0 Å². The molecule has 0 atom stereocenters. The lowest BCUT2D eigenvalue weighted by molar-refractivity contribution is -0.126. The third kappa shape index (κ3) is 6.91. The molecule has 0 spiro atoms. The zero-order valence-corrected chi connectivity index (χ0v) is 17.9. The quantitative estimate of drug-likeness (QED) is 0.403. The van der Waals surface area contributed by atoms with Crippen molar-refractivity contribution in [3.63, 3.8) is 0 Å². The van der Waals surface area contributed by atoms with Gasteiger partial charge in [0.15, 0.2) is 0 Å². The fraction of sp³-hybridized carbons (Fsp3) is 0.222. The predicted molar refractivity (Wildman–Crippen MR) is 109 cm³/mol. The normalized spacial score (nSPS) is 11.7. The number of carbonyl (C=O) groups excluding carboxylic acids is 2. The number of hydrogen-bond donors (Lipinski definition) is 4. The van der Waals surface area contributed by atoms with E-state index < -0.39 is 31.9 Å². The summed E-state index contributed by atoms with van der Waals surface area (Å²) in [5.74, 6) is -1.52. The van der Waals surface area contributed by atoms with E-state index in [1.165, 1.54) is 24.3 Å². The smallest absolute Gasteiger partial charge is 0.257 e. The van der Waals surface area contributed by atoms with Gasteiger partial charge in [-0.25, -0.2) is 16.8 Å². The van der Waals surface area contributed by atoms with Gasteiger partial charge in [0, 0.05) is 12.8 Å². The van der Waals surface area contributed by atoms with Crippen molar-refractivity contribution in [3.8, 4) is 0 Å². The van der Waals surface area contributed by atoms with Crippen molar-refractivity contribution in [1.82, 2.24) is 20.5 Å². The average molecular weight is 455 g/mol. The van der Waals surface area contributed by atoms with E-state index in [1.807, 2.05) is 20.5 Å². The minimum absolute atomic E-state index is 0.0309. The van der Waals surface area contributed by atoms with Gasteiger partial charge in [-0.2, -0.15) is 0 Å². The van der Waals surface area contributed by atoms with Crippen LogP contribution in [0.4, 0.5) is 0 Å². The van der Waals surface area contributed by atoms with Crippen LogP contribution in [0.5, 0.6) is 0 Å². The molecule has 2 aromatic carbocycles. The number of hydrazine groups is 2. The number of amides is 2. The van der Waals surface area contributed by atoms with E-state index in [9.17, 15) is 26.4 Å². The lowest BCUT2D eigenvalue weighted by Crippen LogP contribution is -2.43. The Morgan fingerprint density at radius 2 is 0.933 bits per heavy atom. The van der Waals surface area contributed by atoms with Crippen molar-refractivity contribution >= 4 is 31.9 Å². The largest absolute Gasteiger partial charge is 0.278 e. The third-order valence-corrected chi connectivity index (χ3v) is 6.42. The van der Waals surface area contributed by atoms with Crippen LogP contribution in [0.25, 0.3) is 0 Å². The number of carbonyl (C=O) groups is 2. The minimum Gasteiger partial charge on any atom is -0.278 e. The molecule has 0 fully saturated rings. The molecule has 0 aromatic heterocycles. The molecule has 0 aliphatic carbocycles. The number of aryl methyl sites for hydroxylation is 2. The Kier molecular flexibility index (Phi) is 7.67. The molecule has 2 rings (SSSR count). The summed E-state index contributed by atoms with van der Waals surface area (Å²) >= 11 is 0. The van der Waals surface area contributed by atoms with Gasteiger partial charge in [-0.1, -0.05) is 35.4 Å². The summed E-state index contributed by atoms with van der Waals surface area (Å²) in [5.41, 5.74) is 5.75. The van der Waals surface area contributed by atoms with E-state index in [1.54, 1.807) is 38.1 Å². The molecule has 0 heterocycles. The summed E-state index contributed by atoms with van der Waals surface area (Å²) in [5, 5.41) is 0. The molecule has 10 nitrogen and oxygen atoms in total. The SMILES string of the molecule is Cc1ccc(S(=O)(=O)NNC(=O)CCC(=O)NNS(=O)(=O)c2ccc(C)cc2)cc1. The Bertz CT molecular complexity index is 1020. The Hall–Kier alpha value is -2.80. The van der Waals surface area contributed by atoms with Crippen LogP contribution >= 0.6 is 0 Å². The molecular weight excluding hydrogens is 432 g/mol. The maximum atomic E-state index is 12.1. The molecule has 0 aliphatic heterocycles. The zero-order chi connectivity index (χ0) is 22.4. The van der Waals surface area contributed by atoms with E-state index in [0.29, 0.717) is 0 Å². The fourth-order valence-electron chi connectivity index (χ4n) is 2.15. The van der Waals surface area contributed by atoms with Crippen LogP contribution in [0.1, 0.15) is 24.0 Å². The molecule has 12 heteroatoms. The first-order valence-corrected chi connectivity index (χ1v) is 11.7. The zero-order valence-electron chi connectivity index (χ0n) is 16.3. The van der Waals surface area contributed by atoms with E-state index >= 15 is 0 Å². The maximum absolute atomic E-state index is 12.1. The molecule has 30 heavy (non-hydrogen) atoms. The first-order chi connectivity index (χ1) is 14.0. The summed E-state index contributed by atoms with van der Waals surface area (Å²) in [4.78, 5) is 27.4. The maximum Gasteiger partial charge on any atom is 0.257 e. The van der Waals surface area contributed by atoms with Crippen molar-refractivity contribution in [2.45, 2.75) is 36.5 Å². The predicted octanol–water partition coefficient (Wildman–Crippen LogP) is 0.403. The van der Waals surface area contributed by atoms with Gasteiger partial charge in [0.05, 0.1) is 9.79 Å². The number of nitrogens with one attached hydrogen (secondary N) is 4. The number of hydrogen-bond acceptors (Lipinski definition) is 6. The summed E-state index contributed by atoms with van der Waals surface area (Å²) in [6, 6.07) is 12.0. The second-order valence-corrected chi connectivity index (χ2v) is 9.80. The summed E-state index contributed by atoms with van der Waals surface area (Å²) in [7, 11) is -7.90. The lowest BCUT2D eigenvalue weighted by Gasteiger charge is -2.10. The molecular formula is C18H22N4O6S2. The minimum atomic E-state index is -3.95. The van der Waals surface area contributed by atoms with E-state index in [0.717, 1.165) is 11.1 Å². The number of benzene rings is 2. The van der Waals surface area contributed by atoms with Crippen LogP contribution in [0.3, 0.4) is 0 Å². The molecule has 0 bridgehead atoms. The van der Waals surface area contributed by atoms with Crippen molar-refractivity contribution in [3.05, 3.63) is 59.7 Å². The highest BCUT2D eigenvalue weighted by atomic mass is 32.2. The molecule has 0 aliphatic rings. The molecule has 2 aromatic rings. The topological polar surface area (TPSA) is 151 Å². The van der Waals surface area contributed by atoms with Gasteiger partial charge in [0.25, 0.3) is 20.0 Å². The van der Waals surface area contributed by atoms with Crippen molar-refractivity contribution in [1.29, 1.82) is 0 Å². The third-order valence-electron chi connectivity index (χ3n) is 3.89. The highest BCUT2D eigenvalue weighted by Gasteiger charge is 2.17. The van der Waals surface area contributed by atoms with Crippen LogP contribution in [0.2, 0.25) is 0 Å². The van der Waals surface area contributed by atoms with Gasteiger partial charge >= 0.3 is 0 Å². The van der Waals surface area contributed by atoms with Crippen LogP contribution in [-0.4, -0.2) is 28.6 Å². The van der Waals surface area contributed by atoms with Crippen molar-refractivity contribution in [2.24, 2.45) is 0 Å². The highest BCUT2D eigenvalue weighted by Crippen LogP contribution is 2.10. The van der Waals surface area contributed by atoms with Crippen LogP contribution in [0, 0.1) is 13.8 Å². The van der Waals surface area contributed by atoms with Crippen molar-refractivity contribution < 1.29 is 26.4 Å². The summed E-state index contributed by atoms with van der Waals surface area (Å²) < 4.78 is 48.3. The molecule has 0 saturated carbocycles. The van der Waals surface area contributed by atoms with Crippen LogP contribution in [-0.2, 0) is 29.6 Å². The first kappa shape index (κ1) is 23.5. The molecule has 2 amide bonds. The molecule has 0 radical (unpaired) electrons. The Labute approximate surface area is 175 Å². The fourth-order valence-corrected chi connectivity index (χ4v) is 3.87. The summed E-state index contributed by atoms with van der Waals surface area (Å²) in [6.45, 7) is 3.61. The van der Waals surface area contributed by atoms with Gasteiger partial charge in [0.2, 0.25) is 11.8 Å². The standard InChI is InChI=1S/C18H22N4O6S2/c1-13-3-7-15(8-4-13)29(25,26)21-19-17(23)11-12-18(24)20-22-30(27,28)16-9-5-14(2)6-10-16/h3-10,21-22H,11-12H2,1-2H3,(H,19,23)(H,20,24). The second kappa shape index (κ2) is 9.80. The van der Waals surface area contributed by atoms with Crippen molar-refractivity contribution in [2.75, 3.05) is 0 Å². The average Bonchev–Trinajstić information content (AvgIpc) is 2.70. The molecule has 0 unspecified atom stereocenters. The monoisotopic (exact) mass is 454 g/mol. The molecule has 0 saturated heterocycles. The molecule has 4 N–H and O–H groups in total. The molecule has 162 valence electrons. The number of sulfonamides is 2. The van der Waals surface area contributed by atoms with E-state index in [4.69, 9.17) is 0 Å². The highest BCUT2D eigenvalue weighted by molar-refractivity contribution is 7.89. The lowest BCUT2D eigenvalue weighted by atomic mass is 10.2. The Balaban J connectivity index is 1.78. The van der Waals surface area contributed by atoms with Gasteiger partial charge in [0.1, 0.15) is 0 Å². The number of rotatable bonds is 9. The first-order valence-electron chi connectivity index (χ1n) is 8.74. The van der Waals surface area contributed by atoms with E-state index in [-0.39, 0.29) is 22.6 Å². The Morgan fingerprint density at radius 3 is 1.23 bits per heavy atom. The van der Waals surface area contributed by atoms with Gasteiger partial charge in [-0.05, 0) is 38.1 Å². The summed E-state index contributed by atoms with van der Waals surface area (Å²) in [6.07, 6.45) is -0.733. The van der Waals surface area contributed by atoms with Gasteiger partial charge in [-0.3, -0.25) is 20.4 Å². The van der Waals surface area contributed by atoms with E-state index in [2.05, 4.69) is 0 Å². The second-order valence-electron chi connectivity index (χ2n) is 6.43. The Morgan fingerprint density at radius 1 is 0.633 bits per heavy atom. The van der Waals surface area contributed by atoms with Crippen LogP contribution in [0.15, 0.2) is 58.3 Å². The van der Waals surface area contributed by atoms with Crippen LogP contribution < -0.4 is 20.5 Å².